The van der Waals surface area contributed by atoms with Gasteiger partial charge >= 0.3 is 0 Å². The van der Waals surface area contributed by atoms with Gasteiger partial charge in [-0.05, 0) is 31.5 Å². The zero-order valence-electron chi connectivity index (χ0n) is 11.3. The molecule has 0 aromatic heterocycles. The van der Waals surface area contributed by atoms with E-state index in [1.54, 1.807) is 6.92 Å². The van der Waals surface area contributed by atoms with E-state index in [0.717, 1.165) is 11.3 Å². The molecule has 4 nitrogen and oxygen atoms in total. The van der Waals surface area contributed by atoms with Crippen molar-refractivity contribution in [3.63, 3.8) is 0 Å². The predicted molar refractivity (Wildman–Crippen MR) is 73.2 cm³/mol. The van der Waals surface area contributed by atoms with Crippen molar-refractivity contribution in [2.75, 3.05) is 11.9 Å². The maximum absolute atomic E-state index is 11.7. The molecule has 0 aliphatic heterocycles. The zero-order chi connectivity index (χ0) is 13.5. The number of hydrogen-bond donors (Lipinski definition) is 2. The van der Waals surface area contributed by atoms with Gasteiger partial charge in [-0.2, -0.15) is 0 Å². The Bertz CT molecular complexity index is 391. The summed E-state index contributed by atoms with van der Waals surface area (Å²) < 4.78 is 5.52. The SMILES string of the molecule is CC(C)OCc1cccc(NC(=O)C(C)CN)c1. The summed E-state index contributed by atoms with van der Waals surface area (Å²) in [7, 11) is 0. The van der Waals surface area contributed by atoms with E-state index in [-0.39, 0.29) is 17.9 Å². The van der Waals surface area contributed by atoms with E-state index in [2.05, 4.69) is 5.32 Å². The van der Waals surface area contributed by atoms with Crippen molar-refractivity contribution in [3.05, 3.63) is 29.8 Å². The van der Waals surface area contributed by atoms with Crippen molar-refractivity contribution < 1.29 is 9.53 Å². The summed E-state index contributed by atoms with van der Waals surface area (Å²) in [6.07, 6.45) is 0.195. The summed E-state index contributed by atoms with van der Waals surface area (Å²) in [4.78, 5) is 11.7. The number of ether oxygens (including phenoxy) is 1. The molecule has 0 spiro atoms. The molecule has 3 N–H and O–H groups in total. The minimum Gasteiger partial charge on any atom is -0.374 e. The fourth-order valence-corrected chi connectivity index (χ4v) is 1.37. The average molecular weight is 250 g/mol. The molecule has 0 aliphatic carbocycles. The number of rotatable bonds is 6. The van der Waals surface area contributed by atoms with E-state index in [0.29, 0.717) is 13.2 Å². The van der Waals surface area contributed by atoms with Crippen LogP contribution in [0, 0.1) is 5.92 Å². The monoisotopic (exact) mass is 250 g/mol. The van der Waals surface area contributed by atoms with Crippen LogP contribution in [0.3, 0.4) is 0 Å². The van der Waals surface area contributed by atoms with Crippen LogP contribution in [0.2, 0.25) is 0 Å². The minimum absolute atomic E-state index is 0.0561. The summed E-state index contributed by atoms with van der Waals surface area (Å²) in [5, 5.41) is 2.85. The number of anilines is 1. The lowest BCUT2D eigenvalue weighted by molar-refractivity contribution is -0.119. The highest BCUT2D eigenvalue weighted by molar-refractivity contribution is 5.92. The highest BCUT2D eigenvalue weighted by atomic mass is 16.5. The van der Waals surface area contributed by atoms with Crippen LogP contribution in [0.25, 0.3) is 0 Å². The first-order chi connectivity index (χ1) is 8.52. The summed E-state index contributed by atoms with van der Waals surface area (Å²) in [6, 6.07) is 7.66. The highest BCUT2D eigenvalue weighted by Crippen LogP contribution is 2.13. The van der Waals surface area contributed by atoms with Gasteiger partial charge in [-0.1, -0.05) is 19.1 Å². The number of hydrogen-bond acceptors (Lipinski definition) is 3. The third-order valence-corrected chi connectivity index (χ3v) is 2.58. The minimum atomic E-state index is -0.180. The maximum atomic E-state index is 11.7. The van der Waals surface area contributed by atoms with Crippen LogP contribution < -0.4 is 11.1 Å². The van der Waals surface area contributed by atoms with Crippen molar-refractivity contribution >= 4 is 11.6 Å². The number of amides is 1. The van der Waals surface area contributed by atoms with E-state index in [1.807, 2.05) is 38.1 Å². The lowest BCUT2D eigenvalue weighted by Gasteiger charge is -2.12. The Morgan fingerprint density at radius 2 is 2.11 bits per heavy atom. The van der Waals surface area contributed by atoms with Crippen LogP contribution >= 0.6 is 0 Å². The van der Waals surface area contributed by atoms with Crippen molar-refractivity contribution in [3.8, 4) is 0 Å². The molecule has 1 aromatic rings. The fraction of sp³-hybridized carbons (Fsp3) is 0.500. The number of nitrogens with two attached hydrogens (primary N) is 1. The first-order valence-electron chi connectivity index (χ1n) is 6.24. The number of carbonyl (C=O) groups is 1. The molecule has 0 saturated carbocycles. The molecule has 4 heteroatoms. The molecule has 1 atom stereocenters. The lowest BCUT2D eigenvalue weighted by Crippen LogP contribution is -2.26. The second-order valence-corrected chi connectivity index (χ2v) is 4.69. The molecular weight excluding hydrogens is 228 g/mol. The molecule has 0 radical (unpaired) electrons. The zero-order valence-corrected chi connectivity index (χ0v) is 11.3. The third kappa shape index (κ3) is 4.85. The first kappa shape index (κ1) is 14.7. The maximum Gasteiger partial charge on any atom is 0.228 e. The fourth-order valence-electron chi connectivity index (χ4n) is 1.37. The molecule has 18 heavy (non-hydrogen) atoms. The Labute approximate surface area is 109 Å². The molecule has 1 rings (SSSR count). The van der Waals surface area contributed by atoms with Crippen LogP contribution in [0.5, 0.6) is 0 Å². The summed E-state index contributed by atoms with van der Waals surface area (Å²) in [5.41, 5.74) is 7.28. The third-order valence-electron chi connectivity index (χ3n) is 2.58. The van der Waals surface area contributed by atoms with Crippen molar-refractivity contribution in [2.45, 2.75) is 33.5 Å². The largest absolute Gasteiger partial charge is 0.374 e. The smallest absolute Gasteiger partial charge is 0.228 e. The molecular formula is C14H22N2O2. The Hall–Kier alpha value is -1.39. The van der Waals surface area contributed by atoms with Gasteiger partial charge in [0.1, 0.15) is 0 Å². The van der Waals surface area contributed by atoms with Crippen molar-refractivity contribution in [2.24, 2.45) is 11.7 Å². The van der Waals surface area contributed by atoms with Crippen LogP contribution in [0.4, 0.5) is 5.69 Å². The molecule has 1 amide bonds. The van der Waals surface area contributed by atoms with Gasteiger partial charge in [-0.3, -0.25) is 4.79 Å². The Balaban J connectivity index is 2.61. The molecule has 0 aliphatic rings. The standard InChI is InChI=1S/C14H22N2O2/c1-10(2)18-9-12-5-4-6-13(7-12)16-14(17)11(3)8-15/h4-7,10-11H,8-9,15H2,1-3H3,(H,16,17). The van der Waals surface area contributed by atoms with Gasteiger partial charge in [0.15, 0.2) is 0 Å². The Kier molecular flexibility index (Phi) is 5.82. The number of nitrogens with one attached hydrogen (secondary N) is 1. The van der Waals surface area contributed by atoms with Gasteiger partial charge in [-0.15, -0.1) is 0 Å². The van der Waals surface area contributed by atoms with Crippen molar-refractivity contribution in [1.29, 1.82) is 0 Å². The van der Waals surface area contributed by atoms with E-state index in [1.165, 1.54) is 0 Å². The van der Waals surface area contributed by atoms with E-state index < -0.39 is 0 Å². The van der Waals surface area contributed by atoms with E-state index >= 15 is 0 Å². The second kappa shape index (κ2) is 7.13. The molecule has 100 valence electrons. The van der Waals surface area contributed by atoms with Crippen LogP contribution in [-0.4, -0.2) is 18.6 Å². The normalized spacial score (nSPS) is 12.5. The van der Waals surface area contributed by atoms with Crippen molar-refractivity contribution in [1.82, 2.24) is 0 Å². The molecule has 0 bridgehead atoms. The van der Waals surface area contributed by atoms with Crippen LogP contribution in [0.1, 0.15) is 26.3 Å². The van der Waals surface area contributed by atoms with E-state index in [4.69, 9.17) is 10.5 Å². The van der Waals surface area contributed by atoms with Gasteiger partial charge < -0.3 is 15.8 Å². The Morgan fingerprint density at radius 1 is 1.39 bits per heavy atom. The first-order valence-corrected chi connectivity index (χ1v) is 6.24. The molecule has 0 fully saturated rings. The van der Waals surface area contributed by atoms with Gasteiger partial charge in [0.25, 0.3) is 0 Å². The second-order valence-electron chi connectivity index (χ2n) is 4.69. The highest BCUT2D eigenvalue weighted by Gasteiger charge is 2.10. The van der Waals surface area contributed by atoms with Gasteiger partial charge in [0, 0.05) is 18.2 Å². The van der Waals surface area contributed by atoms with Crippen LogP contribution in [0.15, 0.2) is 24.3 Å². The molecule has 0 saturated heterocycles. The van der Waals surface area contributed by atoms with Crippen LogP contribution in [-0.2, 0) is 16.1 Å². The average Bonchev–Trinajstić information content (AvgIpc) is 2.35. The van der Waals surface area contributed by atoms with Gasteiger partial charge in [0.05, 0.1) is 12.7 Å². The Morgan fingerprint density at radius 3 is 2.72 bits per heavy atom. The number of carbonyl (C=O) groups excluding carboxylic acids is 1. The lowest BCUT2D eigenvalue weighted by atomic mass is 10.1. The topological polar surface area (TPSA) is 64.3 Å². The summed E-state index contributed by atoms with van der Waals surface area (Å²) in [5.74, 6) is -0.236. The molecule has 0 heterocycles. The quantitative estimate of drug-likeness (QED) is 0.813. The van der Waals surface area contributed by atoms with Gasteiger partial charge in [0.2, 0.25) is 5.91 Å². The number of benzene rings is 1. The molecule has 1 unspecified atom stereocenters. The van der Waals surface area contributed by atoms with E-state index in [9.17, 15) is 4.79 Å². The summed E-state index contributed by atoms with van der Waals surface area (Å²) >= 11 is 0. The molecule has 1 aromatic carbocycles. The van der Waals surface area contributed by atoms with Gasteiger partial charge in [-0.25, -0.2) is 0 Å². The predicted octanol–water partition coefficient (Wildman–Crippen LogP) is 2.14. The summed E-state index contributed by atoms with van der Waals surface area (Å²) in [6.45, 7) is 6.69.